The minimum atomic E-state index is -3.96. The molecule has 0 aliphatic carbocycles. The Bertz CT molecular complexity index is 1020. The number of anilines is 2. The summed E-state index contributed by atoms with van der Waals surface area (Å²) in [6, 6.07) is 9.32. The maximum Gasteiger partial charge on any atom is 0.412 e. The van der Waals surface area contributed by atoms with E-state index in [4.69, 9.17) is 9.47 Å². The van der Waals surface area contributed by atoms with E-state index in [0.29, 0.717) is 11.4 Å². The van der Waals surface area contributed by atoms with Gasteiger partial charge < -0.3 is 9.47 Å². The number of sulfonamides is 1. The molecule has 156 valence electrons. The van der Waals surface area contributed by atoms with Gasteiger partial charge in [0.15, 0.2) is 0 Å². The molecular formula is C20H23FN2O5S. The highest BCUT2D eigenvalue weighted by atomic mass is 32.2. The molecule has 3 rings (SSSR count). The van der Waals surface area contributed by atoms with Crippen LogP contribution in [0.2, 0.25) is 0 Å². The van der Waals surface area contributed by atoms with Crippen molar-refractivity contribution in [1.29, 1.82) is 0 Å². The van der Waals surface area contributed by atoms with E-state index in [9.17, 15) is 17.6 Å². The maximum absolute atomic E-state index is 13.2. The molecule has 1 heterocycles. The Kier molecular flexibility index (Phi) is 5.44. The molecule has 0 bridgehead atoms. The number of amides is 1. The highest BCUT2D eigenvalue weighted by Gasteiger charge is 2.33. The molecule has 0 spiro atoms. The van der Waals surface area contributed by atoms with Crippen LogP contribution < -0.4 is 14.4 Å². The van der Waals surface area contributed by atoms with Crippen molar-refractivity contribution in [3.8, 4) is 5.75 Å². The van der Waals surface area contributed by atoms with Crippen LogP contribution in [0.5, 0.6) is 5.75 Å². The molecule has 1 atom stereocenters. The molecule has 1 aliphatic heterocycles. The first-order valence-electron chi connectivity index (χ1n) is 9.05. The number of rotatable bonds is 3. The predicted molar refractivity (Wildman–Crippen MR) is 107 cm³/mol. The first-order chi connectivity index (χ1) is 13.5. The van der Waals surface area contributed by atoms with Crippen LogP contribution in [0.3, 0.4) is 0 Å². The van der Waals surface area contributed by atoms with Crippen LogP contribution in [-0.2, 0) is 14.8 Å². The number of fused-ring (bicyclic) bond motifs is 1. The van der Waals surface area contributed by atoms with Gasteiger partial charge in [0, 0.05) is 5.69 Å². The third-order valence-corrected chi connectivity index (χ3v) is 5.82. The maximum atomic E-state index is 13.2. The van der Waals surface area contributed by atoms with Crippen molar-refractivity contribution in [2.75, 3.05) is 16.2 Å². The fourth-order valence-electron chi connectivity index (χ4n) is 2.86. The van der Waals surface area contributed by atoms with Crippen molar-refractivity contribution in [2.45, 2.75) is 44.3 Å². The summed E-state index contributed by atoms with van der Waals surface area (Å²) in [5, 5.41) is 2.59. The highest BCUT2D eigenvalue weighted by molar-refractivity contribution is 7.92. The Morgan fingerprint density at radius 2 is 1.86 bits per heavy atom. The summed E-state index contributed by atoms with van der Waals surface area (Å²) < 4.78 is 51.7. The first-order valence-corrected chi connectivity index (χ1v) is 10.5. The van der Waals surface area contributed by atoms with Crippen LogP contribution in [0.15, 0.2) is 47.4 Å². The van der Waals surface area contributed by atoms with Gasteiger partial charge in [-0.25, -0.2) is 17.6 Å². The smallest absolute Gasteiger partial charge is 0.412 e. The molecule has 7 nitrogen and oxygen atoms in total. The van der Waals surface area contributed by atoms with E-state index in [2.05, 4.69) is 5.32 Å². The minimum absolute atomic E-state index is 0.0375. The standard InChI is InChI=1S/C20H23FN2O5S/c1-13-12-23(29(25,26)16-8-5-14(21)6-9-16)17-11-15(7-10-18(17)27-13)22-19(24)28-20(2,3)4/h5-11,13H,12H2,1-4H3,(H,22,24). The van der Waals surface area contributed by atoms with Gasteiger partial charge in [-0.3, -0.25) is 9.62 Å². The van der Waals surface area contributed by atoms with E-state index in [1.54, 1.807) is 39.8 Å². The molecule has 9 heteroatoms. The molecule has 0 saturated heterocycles. The lowest BCUT2D eigenvalue weighted by Gasteiger charge is -2.34. The molecule has 0 saturated carbocycles. The van der Waals surface area contributed by atoms with Gasteiger partial charge in [-0.2, -0.15) is 0 Å². The topological polar surface area (TPSA) is 84.9 Å². The average Bonchev–Trinajstić information content (AvgIpc) is 2.60. The van der Waals surface area contributed by atoms with Crippen molar-refractivity contribution in [2.24, 2.45) is 0 Å². The summed E-state index contributed by atoms with van der Waals surface area (Å²) in [5.41, 5.74) is -0.0362. The van der Waals surface area contributed by atoms with Gasteiger partial charge in [0.25, 0.3) is 10.0 Å². The van der Waals surface area contributed by atoms with Gasteiger partial charge >= 0.3 is 6.09 Å². The molecule has 1 unspecified atom stereocenters. The second kappa shape index (κ2) is 7.55. The van der Waals surface area contributed by atoms with E-state index in [1.807, 2.05) is 0 Å². The Morgan fingerprint density at radius 1 is 1.21 bits per heavy atom. The van der Waals surface area contributed by atoms with Crippen LogP contribution in [-0.4, -0.2) is 32.8 Å². The zero-order valence-corrected chi connectivity index (χ0v) is 17.4. The molecule has 2 aromatic carbocycles. The van der Waals surface area contributed by atoms with Crippen LogP contribution in [0, 0.1) is 5.82 Å². The molecule has 2 aromatic rings. The Morgan fingerprint density at radius 3 is 2.48 bits per heavy atom. The third kappa shape index (κ3) is 4.79. The lowest BCUT2D eigenvalue weighted by molar-refractivity contribution is 0.0636. The van der Waals surface area contributed by atoms with Gasteiger partial charge in [0.05, 0.1) is 17.1 Å². The van der Waals surface area contributed by atoms with Gasteiger partial charge in [0.2, 0.25) is 0 Å². The fraction of sp³-hybridized carbons (Fsp3) is 0.350. The number of halogens is 1. The zero-order chi connectivity index (χ0) is 21.4. The van der Waals surface area contributed by atoms with Crippen molar-refractivity contribution in [3.05, 3.63) is 48.3 Å². The minimum Gasteiger partial charge on any atom is -0.487 e. The molecule has 0 fully saturated rings. The van der Waals surface area contributed by atoms with E-state index >= 15 is 0 Å². The molecule has 1 amide bonds. The summed E-state index contributed by atoms with van der Waals surface area (Å²) in [7, 11) is -3.96. The second-order valence-electron chi connectivity index (χ2n) is 7.73. The largest absolute Gasteiger partial charge is 0.487 e. The number of nitrogens with one attached hydrogen (secondary N) is 1. The number of ether oxygens (including phenoxy) is 2. The molecule has 1 aliphatic rings. The van der Waals surface area contributed by atoms with Crippen LogP contribution >= 0.6 is 0 Å². The number of hydrogen-bond donors (Lipinski definition) is 1. The van der Waals surface area contributed by atoms with Gasteiger partial charge in [-0.05, 0) is 70.2 Å². The Hall–Kier alpha value is -2.81. The SMILES string of the molecule is CC1CN(S(=O)(=O)c2ccc(F)cc2)c2cc(NC(=O)OC(C)(C)C)ccc2O1. The van der Waals surface area contributed by atoms with Gasteiger partial charge in [0.1, 0.15) is 23.3 Å². The molecule has 0 aromatic heterocycles. The molecular weight excluding hydrogens is 399 g/mol. The van der Waals surface area contributed by atoms with Crippen LogP contribution in [0.1, 0.15) is 27.7 Å². The number of carbonyl (C=O) groups excluding carboxylic acids is 1. The van der Waals surface area contributed by atoms with E-state index in [-0.39, 0.29) is 23.2 Å². The normalized spacial score (nSPS) is 16.6. The molecule has 29 heavy (non-hydrogen) atoms. The van der Waals surface area contributed by atoms with Crippen molar-refractivity contribution < 1.29 is 27.1 Å². The van der Waals surface area contributed by atoms with Gasteiger partial charge in [-0.1, -0.05) is 0 Å². The lowest BCUT2D eigenvalue weighted by atomic mass is 10.2. The Balaban J connectivity index is 1.96. The summed E-state index contributed by atoms with van der Waals surface area (Å²) in [4.78, 5) is 12.0. The highest BCUT2D eigenvalue weighted by Crippen LogP contribution is 2.39. The van der Waals surface area contributed by atoms with Crippen molar-refractivity contribution >= 4 is 27.5 Å². The van der Waals surface area contributed by atoms with E-state index in [0.717, 1.165) is 12.1 Å². The number of carbonyl (C=O) groups is 1. The van der Waals surface area contributed by atoms with E-state index in [1.165, 1.54) is 22.5 Å². The second-order valence-corrected chi connectivity index (χ2v) is 9.59. The van der Waals surface area contributed by atoms with E-state index < -0.39 is 27.5 Å². The summed E-state index contributed by atoms with van der Waals surface area (Å²) in [6.45, 7) is 7.05. The van der Waals surface area contributed by atoms with Crippen LogP contribution in [0.4, 0.5) is 20.6 Å². The number of nitrogens with zero attached hydrogens (tertiary/aromatic N) is 1. The van der Waals surface area contributed by atoms with Gasteiger partial charge in [-0.15, -0.1) is 0 Å². The lowest BCUT2D eigenvalue weighted by Crippen LogP contribution is -2.42. The number of hydrogen-bond acceptors (Lipinski definition) is 5. The quantitative estimate of drug-likeness (QED) is 0.803. The van der Waals surface area contributed by atoms with Crippen molar-refractivity contribution in [3.63, 3.8) is 0 Å². The molecule has 1 N–H and O–H groups in total. The predicted octanol–water partition coefficient (Wildman–Crippen LogP) is 4.15. The summed E-state index contributed by atoms with van der Waals surface area (Å²) in [5.74, 6) is -0.160. The molecule has 0 radical (unpaired) electrons. The monoisotopic (exact) mass is 422 g/mol. The average molecular weight is 422 g/mol. The summed E-state index contributed by atoms with van der Waals surface area (Å²) >= 11 is 0. The number of benzene rings is 2. The van der Waals surface area contributed by atoms with Crippen LogP contribution in [0.25, 0.3) is 0 Å². The van der Waals surface area contributed by atoms with Crippen molar-refractivity contribution in [1.82, 2.24) is 0 Å². The fourth-order valence-corrected chi connectivity index (χ4v) is 4.40. The summed E-state index contributed by atoms with van der Waals surface area (Å²) in [6.07, 6.45) is -1.04. The zero-order valence-electron chi connectivity index (χ0n) is 16.6. The Labute approximate surface area is 169 Å². The third-order valence-electron chi connectivity index (χ3n) is 4.03. The first kappa shape index (κ1) is 20.9.